The van der Waals surface area contributed by atoms with Crippen LogP contribution >= 0.6 is 0 Å². The van der Waals surface area contributed by atoms with E-state index in [0.29, 0.717) is 17.5 Å². The van der Waals surface area contributed by atoms with E-state index < -0.39 is 0 Å². The monoisotopic (exact) mass is 614 g/mol. The highest BCUT2D eigenvalue weighted by molar-refractivity contribution is 6.30. The van der Waals surface area contributed by atoms with E-state index in [9.17, 15) is 0 Å². The Balaban J connectivity index is 1.32. The molecule has 0 aliphatic rings. The second kappa shape index (κ2) is 9.95. The number of aromatic nitrogens is 4. The molecule has 0 saturated heterocycles. The normalized spacial score (nSPS) is 11.9. The summed E-state index contributed by atoms with van der Waals surface area (Å²) in [6, 6.07) is 42.0. The van der Waals surface area contributed by atoms with Crippen molar-refractivity contribution in [2.75, 3.05) is 0 Å². The fourth-order valence-corrected chi connectivity index (χ4v) is 7.27. The van der Waals surface area contributed by atoms with Gasteiger partial charge in [-0.25, -0.2) is 15.0 Å². The van der Waals surface area contributed by atoms with Gasteiger partial charge in [0.2, 0.25) is 0 Å². The van der Waals surface area contributed by atoms with E-state index in [1.807, 2.05) is 60.7 Å². The lowest BCUT2D eigenvalue weighted by molar-refractivity contribution is 0.670. The van der Waals surface area contributed by atoms with E-state index in [1.165, 1.54) is 21.7 Å². The molecule has 0 spiro atoms. The lowest BCUT2D eigenvalue weighted by atomic mass is 10.0. The summed E-state index contributed by atoms with van der Waals surface area (Å²) in [5, 5.41) is 6.94. The van der Waals surface area contributed by atoms with Crippen LogP contribution in [0.4, 0.5) is 0 Å². The lowest BCUT2D eigenvalue weighted by Gasteiger charge is -2.10. The molecule has 0 amide bonds. The number of hydrogen-bond donors (Lipinski definition) is 0. The fourth-order valence-electron chi connectivity index (χ4n) is 7.27. The number of benzene rings is 6. The third-order valence-corrected chi connectivity index (χ3v) is 9.54. The molecule has 10 aromatic rings. The summed E-state index contributed by atoms with van der Waals surface area (Å²) in [6.45, 7) is 7.81. The SMILES string of the molecule is C=Cc1ccc(-c2nc(-c3ccc(C=C)cc3)nc(-c3ccc4c5c3oc3cccc(c6cccc7c8ccccc8n4c67)c35)n2)cc1. The summed E-state index contributed by atoms with van der Waals surface area (Å²) < 4.78 is 9.21. The van der Waals surface area contributed by atoms with Crippen molar-refractivity contribution in [1.29, 1.82) is 0 Å². The standard InChI is InChI=1S/C43H26N4O/c1-3-25-15-19-27(20-16-25)41-44-42(28-21-17-26(4-2)18-22-28)46-43(45-41)33-23-24-35-38-37-30(10-8-14-36(37)48-40(33)38)32-12-7-11-31-29-9-5-6-13-34(29)47(35)39(31)32/h3-24H,1-2H2. The number of hydrogen-bond acceptors (Lipinski definition) is 4. The van der Waals surface area contributed by atoms with Crippen molar-refractivity contribution in [2.45, 2.75) is 0 Å². The molecule has 0 aliphatic heterocycles. The van der Waals surface area contributed by atoms with E-state index in [-0.39, 0.29) is 0 Å². The Bertz CT molecular complexity index is 2840. The Morgan fingerprint density at radius 2 is 1.08 bits per heavy atom. The molecule has 6 aromatic carbocycles. The van der Waals surface area contributed by atoms with Gasteiger partial charge >= 0.3 is 0 Å². The van der Waals surface area contributed by atoms with Crippen LogP contribution in [-0.4, -0.2) is 19.4 Å². The lowest BCUT2D eigenvalue weighted by Crippen LogP contribution is -2.00. The van der Waals surface area contributed by atoms with Crippen LogP contribution in [0.5, 0.6) is 0 Å². The van der Waals surface area contributed by atoms with Crippen molar-refractivity contribution in [3.8, 4) is 34.2 Å². The summed E-state index contributed by atoms with van der Waals surface area (Å²) in [4.78, 5) is 15.1. The zero-order valence-electron chi connectivity index (χ0n) is 25.8. The number of para-hydroxylation sites is 2. The van der Waals surface area contributed by atoms with Crippen LogP contribution in [0.1, 0.15) is 11.1 Å². The van der Waals surface area contributed by atoms with Crippen LogP contribution in [0.3, 0.4) is 0 Å². The molecule has 10 rings (SSSR count). The molecule has 0 radical (unpaired) electrons. The van der Waals surface area contributed by atoms with Gasteiger partial charge in [0, 0.05) is 32.7 Å². The molecule has 0 saturated carbocycles. The van der Waals surface area contributed by atoms with E-state index >= 15 is 0 Å². The minimum absolute atomic E-state index is 0.548. The molecular weight excluding hydrogens is 589 g/mol. The van der Waals surface area contributed by atoms with Crippen LogP contribution in [-0.2, 0) is 0 Å². The molecule has 224 valence electrons. The zero-order valence-corrected chi connectivity index (χ0v) is 25.8. The van der Waals surface area contributed by atoms with Gasteiger partial charge in [0.15, 0.2) is 17.5 Å². The summed E-state index contributed by atoms with van der Waals surface area (Å²) in [5.74, 6) is 1.72. The molecule has 0 aliphatic carbocycles. The maximum absolute atomic E-state index is 6.81. The van der Waals surface area contributed by atoms with Crippen LogP contribution in [0.15, 0.2) is 139 Å². The van der Waals surface area contributed by atoms with Crippen molar-refractivity contribution in [2.24, 2.45) is 0 Å². The highest BCUT2D eigenvalue weighted by Crippen LogP contribution is 2.45. The number of rotatable bonds is 5. The highest BCUT2D eigenvalue weighted by atomic mass is 16.3. The predicted octanol–water partition coefficient (Wildman–Crippen LogP) is 11.2. The second-order valence-corrected chi connectivity index (χ2v) is 12.1. The van der Waals surface area contributed by atoms with Gasteiger partial charge in [0.1, 0.15) is 11.2 Å². The fraction of sp³-hybridized carbons (Fsp3) is 0. The van der Waals surface area contributed by atoms with Gasteiger partial charge in [-0.15, -0.1) is 0 Å². The molecule has 0 atom stereocenters. The van der Waals surface area contributed by atoms with Crippen LogP contribution in [0.2, 0.25) is 0 Å². The molecule has 48 heavy (non-hydrogen) atoms. The Morgan fingerprint density at radius 1 is 0.500 bits per heavy atom. The quantitative estimate of drug-likeness (QED) is 0.194. The third kappa shape index (κ3) is 3.70. The van der Waals surface area contributed by atoms with Crippen LogP contribution in [0, 0.1) is 0 Å². The first-order valence-corrected chi connectivity index (χ1v) is 15.9. The zero-order chi connectivity index (χ0) is 31.9. The average molecular weight is 615 g/mol. The van der Waals surface area contributed by atoms with E-state index in [2.05, 4.69) is 90.4 Å². The smallest absolute Gasteiger partial charge is 0.167 e. The van der Waals surface area contributed by atoms with E-state index in [4.69, 9.17) is 19.4 Å². The molecule has 4 aromatic heterocycles. The van der Waals surface area contributed by atoms with Gasteiger partial charge < -0.3 is 8.82 Å². The van der Waals surface area contributed by atoms with Crippen molar-refractivity contribution in [3.63, 3.8) is 0 Å². The molecular formula is C43H26N4O. The summed E-state index contributed by atoms with van der Waals surface area (Å²) >= 11 is 0. The summed E-state index contributed by atoms with van der Waals surface area (Å²) in [6.07, 6.45) is 3.66. The first-order chi connectivity index (χ1) is 23.7. The number of fused-ring (bicyclic) bond motifs is 5. The summed E-state index contributed by atoms with van der Waals surface area (Å²) in [7, 11) is 0. The minimum Gasteiger partial charge on any atom is -0.455 e. The molecule has 0 fully saturated rings. The Hall–Kier alpha value is -6.59. The maximum atomic E-state index is 6.81. The van der Waals surface area contributed by atoms with Crippen molar-refractivity contribution < 1.29 is 4.42 Å². The molecule has 4 heterocycles. The highest BCUT2D eigenvalue weighted by Gasteiger charge is 2.24. The number of furan rings is 1. The predicted molar refractivity (Wildman–Crippen MR) is 198 cm³/mol. The van der Waals surface area contributed by atoms with Crippen LogP contribution in [0.25, 0.3) is 106 Å². The van der Waals surface area contributed by atoms with Crippen molar-refractivity contribution in [1.82, 2.24) is 19.4 Å². The van der Waals surface area contributed by atoms with Gasteiger partial charge in [0.25, 0.3) is 0 Å². The second-order valence-electron chi connectivity index (χ2n) is 12.1. The van der Waals surface area contributed by atoms with Crippen LogP contribution < -0.4 is 0 Å². The molecule has 5 nitrogen and oxygen atoms in total. The summed E-state index contributed by atoms with van der Waals surface area (Å²) in [5.41, 5.74) is 9.67. The van der Waals surface area contributed by atoms with Gasteiger partial charge in [0.05, 0.1) is 27.5 Å². The first kappa shape index (κ1) is 26.6. The molecule has 0 unspecified atom stereocenters. The first-order valence-electron chi connectivity index (χ1n) is 15.9. The molecule has 5 heteroatoms. The van der Waals surface area contributed by atoms with Gasteiger partial charge in [-0.3, -0.25) is 0 Å². The maximum Gasteiger partial charge on any atom is 0.167 e. The topological polar surface area (TPSA) is 56.2 Å². The van der Waals surface area contributed by atoms with E-state index in [1.54, 1.807) is 0 Å². The third-order valence-electron chi connectivity index (χ3n) is 9.54. The van der Waals surface area contributed by atoms with E-state index in [0.717, 1.165) is 66.2 Å². The van der Waals surface area contributed by atoms with Gasteiger partial charge in [-0.2, -0.15) is 0 Å². The Kier molecular flexibility index (Phi) is 5.52. The Labute approximate surface area is 275 Å². The Morgan fingerprint density at radius 3 is 1.77 bits per heavy atom. The number of nitrogens with zero attached hydrogens (tertiary/aromatic N) is 4. The minimum atomic E-state index is 0.548. The van der Waals surface area contributed by atoms with Crippen molar-refractivity contribution in [3.05, 3.63) is 146 Å². The van der Waals surface area contributed by atoms with Crippen molar-refractivity contribution >= 4 is 72.2 Å². The average Bonchev–Trinajstić information content (AvgIpc) is 3.67. The molecule has 0 N–H and O–H groups in total. The van der Waals surface area contributed by atoms with Gasteiger partial charge in [-0.1, -0.05) is 122 Å². The van der Waals surface area contributed by atoms with Gasteiger partial charge in [-0.05, 0) is 40.8 Å². The molecule has 0 bridgehead atoms. The largest absolute Gasteiger partial charge is 0.455 e.